The molecule has 0 bridgehead atoms. The number of rotatable bonds is 0. The molecule has 0 unspecified atom stereocenters. The molecule has 1 heteroatoms. The minimum absolute atomic E-state index is 1.21. The highest BCUT2D eigenvalue weighted by molar-refractivity contribution is 5.82. The maximum Gasteiger partial charge on any atom is 0.0297 e. The lowest BCUT2D eigenvalue weighted by molar-refractivity contribution is 1.27. The maximum absolute atomic E-state index is 3.88. The average Bonchev–Trinajstić information content (AvgIpc) is 2.40. The fraction of sp³-hybridized carbons (Fsp3) is 0.118. The van der Waals surface area contributed by atoms with E-state index in [1.165, 1.54) is 21.9 Å². The lowest BCUT2D eigenvalue weighted by atomic mass is 10.1. The first kappa shape index (κ1) is 12.3. The minimum atomic E-state index is 1.21. The third kappa shape index (κ3) is 3.42. The normalized spacial score (nSPS) is 9.67. The maximum atomic E-state index is 3.88. The van der Waals surface area contributed by atoms with Gasteiger partial charge in [-0.1, -0.05) is 54.1 Å². The largest absolute Gasteiger partial charge is 0.264 e. The van der Waals surface area contributed by atoms with Crippen molar-refractivity contribution < 1.29 is 0 Å². The van der Waals surface area contributed by atoms with Gasteiger partial charge in [-0.15, -0.1) is 0 Å². The first-order chi connectivity index (χ1) is 8.75. The fourth-order valence-corrected chi connectivity index (χ4v) is 1.76. The summed E-state index contributed by atoms with van der Waals surface area (Å²) in [6.45, 7) is 4.14. The molecule has 0 amide bonds. The Bertz CT molecular complexity index is 615. The summed E-state index contributed by atoms with van der Waals surface area (Å²) in [6.07, 6.45) is 3.60. The second-order valence-electron chi connectivity index (χ2n) is 4.38. The molecule has 1 aromatic heterocycles. The van der Waals surface area contributed by atoms with Crippen molar-refractivity contribution in [2.45, 2.75) is 13.8 Å². The molecule has 0 saturated heterocycles. The molecule has 18 heavy (non-hydrogen) atoms. The van der Waals surface area contributed by atoms with Gasteiger partial charge in [0.2, 0.25) is 0 Å². The van der Waals surface area contributed by atoms with Crippen LogP contribution in [0.3, 0.4) is 0 Å². The summed E-state index contributed by atoms with van der Waals surface area (Å²) in [7, 11) is 0. The molecule has 1 nitrogen and oxygen atoms in total. The molecular weight excluding hydrogens is 218 g/mol. The van der Waals surface area contributed by atoms with Gasteiger partial charge in [-0.05, 0) is 36.2 Å². The van der Waals surface area contributed by atoms with Crippen molar-refractivity contribution in [3.8, 4) is 0 Å². The van der Waals surface area contributed by atoms with Crippen LogP contribution in [0.2, 0.25) is 0 Å². The lowest BCUT2D eigenvalue weighted by Gasteiger charge is -1.96. The third-order valence-electron chi connectivity index (χ3n) is 2.71. The Morgan fingerprint density at radius 1 is 0.722 bits per heavy atom. The Labute approximate surface area is 108 Å². The zero-order valence-corrected chi connectivity index (χ0v) is 10.8. The highest BCUT2D eigenvalue weighted by Crippen LogP contribution is 2.14. The Morgan fingerprint density at radius 2 is 1.50 bits per heavy atom. The van der Waals surface area contributed by atoms with Crippen molar-refractivity contribution in [1.82, 2.24) is 4.98 Å². The van der Waals surface area contributed by atoms with E-state index >= 15 is 0 Å². The number of nitrogens with zero attached hydrogens (tertiary/aromatic N) is 1. The highest BCUT2D eigenvalue weighted by atomic mass is 14.6. The van der Waals surface area contributed by atoms with E-state index in [0.29, 0.717) is 0 Å². The molecule has 90 valence electrons. The number of benzene rings is 2. The van der Waals surface area contributed by atoms with E-state index in [4.69, 9.17) is 0 Å². The molecule has 1 heterocycles. The van der Waals surface area contributed by atoms with Crippen LogP contribution in [0.15, 0.2) is 67.0 Å². The van der Waals surface area contributed by atoms with Crippen LogP contribution in [0.5, 0.6) is 0 Å². The van der Waals surface area contributed by atoms with Crippen LogP contribution in [0.4, 0.5) is 0 Å². The molecule has 2 aromatic carbocycles. The average molecular weight is 235 g/mol. The van der Waals surface area contributed by atoms with Crippen molar-refractivity contribution in [3.63, 3.8) is 0 Å². The van der Waals surface area contributed by atoms with Crippen LogP contribution in [0.25, 0.3) is 10.8 Å². The summed E-state index contributed by atoms with van der Waals surface area (Å²) in [5.74, 6) is 0. The van der Waals surface area contributed by atoms with Gasteiger partial charge in [0.15, 0.2) is 0 Å². The summed E-state index contributed by atoms with van der Waals surface area (Å²) in [5.41, 5.74) is 2.53. The van der Waals surface area contributed by atoms with Gasteiger partial charge in [0, 0.05) is 12.4 Å². The quantitative estimate of drug-likeness (QED) is 0.557. The van der Waals surface area contributed by atoms with E-state index < -0.39 is 0 Å². The van der Waals surface area contributed by atoms with Crippen molar-refractivity contribution in [1.29, 1.82) is 0 Å². The van der Waals surface area contributed by atoms with Gasteiger partial charge in [0.25, 0.3) is 0 Å². The van der Waals surface area contributed by atoms with Crippen LogP contribution in [0.1, 0.15) is 11.1 Å². The first-order valence-electron chi connectivity index (χ1n) is 6.08. The summed E-state index contributed by atoms with van der Waals surface area (Å²) in [4.78, 5) is 3.88. The van der Waals surface area contributed by atoms with E-state index in [2.05, 4.69) is 54.4 Å². The number of aryl methyl sites for hydroxylation is 2. The van der Waals surface area contributed by atoms with Gasteiger partial charge in [-0.25, -0.2) is 0 Å². The second-order valence-corrected chi connectivity index (χ2v) is 4.38. The predicted octanol–water partition coefficient (Wildman–Crippen LogP) is 4.54. The Kier molecular flexibility index (Phi) is 4.08. The van der Waals surface area contributed by atoms with Gasteiger partial charge < -0.3 is 0 Å². The van der Waals surface area contributed by atoms with Crippen LogP contribution >= 0.6 is 0 Å². The number of fused-ring (bicyclic) bond motifs is 1. The van der Waals surface area contributed by atoms with Crippen molar-refractivity contribution >= 4 is 10.8 Å². The molecule has 0 N–H and O–H groups in total. The van der Waals surface area contributed by atoms with Crippen LogP contribution < -0.4 is 0 Å². The van der Waals surface area contributed by atoms with E-state index in [-0.39, 0.29) is 0 Å². The predicted molar refractivity (Wildman–Crippen MR) is 77.7 cm³/mol. The SMILES string of the molecule is Cc1ccc2ccccc2c1.Cc1cccnc1. The van der Waals surface area contributed by atoms with Crippen LogP contribution in [-0.2, 0) is 0 Å². The molecule has 0 atom stereocenters. The molecule has 0 fully saturated rings. The highest BCUT2D eigenvalue weighted by Gasteiger charge is 1.89. The number of pyridine rings is 1. The lowest BCUT2D eigenvalue weighted by Crippen LogP contribution is -1.73. The monoisotopic (exact) mass is 235 g/mol. The van der Waals surface area contributed by atoms with Gasteiger partial charge >= 0.3 is 0 Å². The molecular formula is C17H17N. The smallest absolute Gasteiger partial charge is 0.0297 e. The van der Waals surface area contributed by atoms with Crippen LogP contribution in [0, 0.1) is 13.8 Å². The van der Waals surface area contributed by atoms with Crippen molar-refractivity contribution in [3.05, 3.63) is 78.1 Å². The summed E-state index contributed by atoms with van der Waals surface area (Å²) < 4.78 is 0. The second kappa shape index (κ2) is 5.97. The van der Waals surface area contributed by atoms with E-state index in [0.717, 1.165) is 0 Å². The zero-order chi connectivity index (χ0) is 12.8. The van der Waals surface area contributed by atoms with Crippen molar-refractivity contribution in [2.24, 2.45) is 0 Å². The van der Waals surface area contributed by atoms with Crippen LogP contribution in [-0.4, -0.2) is 4.98 Å². The molecule has 3 aromatic rings. The Balaban J connectivity index is 0.000000149. The number of hydrogen-bond acceptors (Lipinski definition) is 1. The number of aromatic nitrogens is 1. The minimum Gasteiger partial charge on any atom is -0.264 e. The number of hydrogen-bond donors (Lipinski definition) is 0. The summed E-state index contributed by atoms with van der Waals surface area (Å²) in [6, 6.07) is 18.9. The van der Waals surface area contributed by atoms with E-state index in [1.54, 1.807) is 6.20 Å². The summed E-state index contributed by atoms with van der Waals surface area (Å²) in [5, 5.41) is 2.64. The standard InChI is InChI=1S/C11H10.C6H7N/c1-9-6-7-10-4-2-3-5-11(10)8-9;1-6-3-2-4-7-5-6/h2-8H,1H3;2-5H,1H3. The Hall–Kier alpha value is -2.15. The molecule has 0 radical (unpaired) electrons. The molecule has 0 aliphatic rings. The van der Waals surface area contributed by atoms with Gasteiger partial charge in [0.05, 0.1) is 0 Å². The molecule has 0 aliphatic carbocycles. The van der Waals surface area contributed by atoms with Crippen molar-refractivity contribution in [2.75, 3.05) is 0 Å². The first-order valence-corrected chi connectivity index (χ1v) is 6.08. The third-order valence-corrected chi connectivity index (χ3v) is 2.71. The van der Waals surface area contributed by atoms with Gasteiger partial charge in [0.1, 0.15) is 0 Å². The molecule has 0 aliphatic heterocycles. The van der Waals surface area contributed by atoms with Gasteiger partial charge in [-0.3, -0.25) is 4.98 Å². The fourth-order valence-electron chi connectivity index (χ4n) is 1.76. The van der Waals surface area contributed by atoms with E-state index in [1.807, 2.05) is 25.3 Å². The van der Waals surface area contributed by atoms with E-state index in [9.17, 15) is 0 Å². The van der Waals surface area contributed by atoms with Gasteiger partial charge in [-0.2, -0.15) is 0 Å². The zero-order valence-electron chi connectivity index (χ0n) is 10.8. The molecule has 0 saturated carbocycles. The Morgan fingerprint density at radius 3 is 2.11 bits per heavy atom. The summed E-state index contributed by atoms with van der Waals surface area (Å²) >= 11 is 0. The topological polar surface area (TPSA) is 12.9 Å². The molecule has 0 spiro atoms. The molecule has 3 rings (SSSR count).